The van der Waals surface area contributed by atoms with E-state index in [1.54, 1.807) is 27.7 Å². The SMILES string of the molecule is Cc1cc(C)c(C)c(S(=O)(=O)N(C)S(=O)(=O)c2ccc(Cl)c([N+](=O)[O-])c2)c1C. The van der Waals surface area contributed by atoms with Gasteiger partial charge in [0.25, 0.3) is 25.7 Å². The first-order valence-electron chi connectivity index (χ1n) is 7.98. The van der Waals surface area contributed by atoms with Gasteiger partial charge in [-0.3, -0.25) is 10.1 Å². The molecule has 11 heteroatoms. The van der Waals surface area contributed by atoms with Crippen LogP contribution >= 0.6 is 11.6 Å². The van der Waals surface area contributed by atoms with Crippen LogP contribution < -0.4 is 0 Å². The number of nitrogens with zero attached hydrogens (tertiary/aromatic N) is 2. The zero-order valence-electron chi connectivity index (χ0n) is 15.8. The molecule has 2 rings (SSSR count). The molecule has 0 spiro atoms. The van der Waals surface area contributed by atoms with Gasteiger partial charge in [-0.1, -0.05) is 21.4 Å². The van der Waals surface area contributed by atoms with E-state index >= 15 is 0 Å². The first kappa shape index (κ1) is 22.3. The minimum Gasteiger partial charge on any atom is -0.258 e. The molecule has 0 aromatic heterocycles. The summed E-state index contributed by atoms with van der Waals surface area (Å²) < 4.78 is 52.4. The van der Waals surface area contributed by atoms with Crippen LogP contribution in [0.1, 0.15) is 22.3 Å². The summed E-state index contributed by atoms with van der Waals surface area (Å²) in [6.45, 7) is 6.67. The molecule has 0 amide bonds. The fraction of sp³-hybridized carbons (Fsp3) is 0.294. The van der Waals surface area contributed by atoms with Crippen LogP contribution in [0.3, 0.4) is 0 Å². The van der Waals surface area contributed by atoms with Crippen molar-refractivity contribution in [2.24, 2.45) is 0 Å². The average Bonchev–Trinajstić information content (AvgIpc) is 2.59. The minimum atomic E-state index is -4.59. The van der Waals surface area contributed by atoms with Crippen LogP contribution in [0.4, 0.5) is 5.69 Å². The van der Waals surface area contributed by atoms with Gasteiger partial charge in [-0.25, -0.2) is 16.8 Å². The molecule has 0 aliphatic rings. The van der Waals surface area contributed by atoms with Crippen molar-refractivity contribution in [3.8, 4) is 0 Å². The van der Waals surface area contributed by atoms with E-state index in [2.05, 4.69) is 0 Å². The number of halogens is 1. The Morgan fingerprint density at radius 1 is 0.929 bits per heavy atom. The van der Waals surface area contributed by atoms with Crippen LogP contribution in [0.25, 0.3) is 0 Å². The molecule has 28 heavy (non-hydrogen) atoms. The Labute approximate surface area is 169 Å². The van der Waals surface area contributed by atoms with Gasteiger partial charge in [0.1, 0.15) is 5.02 Å². The molecule has 2 aromatic carbocycles. The maximum atomic E-state index is 13.2. The molecule has 152 valence electrons. The highest BCUT2D eigenvalue weighted by Crippen LogP contribution is 2.33. The normalized spacial score (nSPS) is 12.4. The zero-order chi connectivity index (χ0) is 21.6. The van der Waals surface area contributed by atoms with Gasteiger partial charge in [0.05, 0.1) is 14.7 Å². The molecule has 0 saturated heterocycles. The minimum absolute atomic E-state index is 0.0976. The second-order valence-electron chi connectivity index (χ2n) is 6.35. The second-order valence-corrected chi connectivity index (χ2v) is 10.9. The fourth-order valence-corrected chi connectivity index (χ4v) is 6.62. The topological polar surface area (TPSA) is 115 Å². The predicted molar refractivity (Wildman–Crippen MR) is 106 cm³/mol. The highest BCUT2D eigenvalue weighted by molar-refractivity contribution is 8.04. The number of aryl methyl sites for hydroxylation is 2. The van der Waals surface area contributed by atoms with Gasteiger partial charge in [-0.2, -0.15) is 0 Å². The van der Waals surface area contributed by atoms with Crippen molar-refractivity contribution in [1.29, 1.82) is 0 Å². The van der Waals surface area contributed by atoms with E-state index in [1.165, 1.54) is 0 Å². The molecule has 0 heterocycles. The quantitative estimate of drug-likeness (QED) is 0.512. The summed E-state index contributed by atoms with van der Waals surface area (Å²) >= 11 is 5.71. The zero-order valence-corrected chi connectivity index (χ0v) is 18.2. The van der Waals surface area contributed by atoms with Crippen LogP contribution in [0.5, 0.6) is 0 Å². The van der Waals surface area contributed by atoms with Crippen molar-refractivity contribution < 1.29 is 21.8 Å². The van der Waals surface area contributed by atoms with Gasteiger partial charge in [0.2, 0.25) is 0 Å². The van der Waals surface area contributed by atoms with Gasteiger partial charge in [0.15, 0.2) is 0 Å². The molecule has 8 nitrogen and oxygen atoms in total. The van der Waals surface area contributed by atoms with Gasteiger partial charge in [0, 0.05) is 13.1 Å². The monoisotopic (exact) mass is 446 g/mol. The predicted octanol–water partition coefficient (Wildman–Crippen LogP) is 3.49. The standard InChI is InChI=1S/C17H19ClN2O6S2/c1-10-8-11(2)13(4)17(12(10)3)28(25,26)19(5)27(23,24)14-6-7-15(18)16(9-14)20(21)22/h6-9H,1-5H3. The summed E-state index contributed by atoms with van der Waals surface area (Å²) in [5, 5.41) is 10.8. The number of sulfonamides is 2. The van der Waals surface area contributed by atoms with Crippen molar-refractivity contribution >= 4 is 37.3 Å². The molecule has 0 aliphatic heterocycles. The van der Waals surface area contributed by atoms with E-state index in [-0.39, 0.29) is 13.6 Å². The maximum Gasteiger partial charge on any atom is 0.289 e. The van der Waals surface area contributed by atoms with Gasteiger partial charge in [-0.15, -0.1) is 0 Å². The van der Waals surface area contributed by atoms with Crippen molar-refractivity contribution in [3.05, 3.63) is 61.7 Å². The van der Waals surface area contributed by atoms with E-state index < -0.39 is 35.6 Å². The molecule has 2 aromatic rings. The van der Waals surface area contributed by atoms with Gasteiger partial charge < -0.3 is 0 Å². The summed E-state index contributed by atoms with van der Waals surface area (Å²) in [6.07, 6.45) is 0. The number of benzene rings is 2. The molecule has 0 aliphatic carbocycles. The Morgan fingerprint density at radius 2 is 1.43 bits per heavy atom. The molecular formula is C17H19ClN2O6S2. The second kappa shape index (κ2) is 7.43. The molecule has 0 bridgehead atoms. The van der Waals surface area contributed by atoms with Crippen molar-refractivity contribution in [2.45, 2.75) is 37.5 Å². The lowest BCUT2D eigenvalue weighted by Gasteiger charge is -2.22. The Kier molecular flexibility index (Phi) is 5.91. The number of hydrogen-bond donors (Lipinski definition) is 0. The summed E-state index contributed by atoms with van der Waals surface area (Å²) in [5.41, 5.74) is 1.65. The van der Waals surface area contributed by atoms with Gasteiger partial charge in [-0.05, 0) is 62.1 Å². The van der Waals surface area contributed by atoms with E-state index in [4.69, 9.17) is 11.6 Å². The molecule has 0 atom stereocenters. The van der Waals surface area contributed by atoms with Crippen molar-refractivity contribution in [2.75, 3.05) is 7.05 Å². The Balaban J connectivity index is 2.70. The highest BCUT2D eigenvalue weighted by atomic mass is 35.5. The molecule has 0 N–H and O–H groups in total. The summed E-state index contributed by atoms with van der Waals surface area (Å²) in [6, 6.07) is 4.63. The van der Waals surface area contributed by atoms with Gasteiger partial charge >= 0.3 is 0 Å². The molecule has 0 unspecified atom stereocenters. The van der Waals surface area contributed by atoms with E-state index in [0.29, 0.717) is 22.3 Å². The van der Waals surface area contributed by atoms with Crippen molar-refractivity contribution in [1.82, 2.24) is 3.71 Å². The lowest BCUT2D eigenvalue weighted by Crippen LogP contribution is -2.34. The number of nitro groups is 1. The highest BCUT2D eigenvalue weighted by Gasteiger charge is 2.36. The van der Waals surface area contributed by atoms with Crippen LogP contribution in [0.15, 0.2) is 34.1 Å². The smallest absolute Gasteiger partial charge is 0.258 e. The van der Waals surface area contributed by atoms with Crippen LogP contribution in [0.2, 0.25) is 5.02 Å². The lowest BCUT2D eigenvalue weighted by molar-refractivity contribution is -0.384. The summed E-state index contributed by atoms with van der Waals surface area (Å²) in [5.74, 6) is 0. The number of nitro benzene ring substituents is 1. The fourth-order valence-electron chi connectivity index (χ4n) is 2.77. The third kappa shape index (κ3) is 3.64. The Hall–Kier alpha value is -2.01. The van der Waals surface area contributed by atoms with E-state index in [0.717, 1.165) is 25.2 Å². The van der Waals surface area contributed by atoms with E-state index in [1.807, 2.05) is 6.07 Å². The first-order valence-corrected chi connectivity index (χ1v) is 11.2. The summed E-state index contributed by atoms with van der Waals surface area (Å²) in [4.78, 5) is 9.56. The Bertz CT molecular complexity index is 1160. The van der Waals surface area contributed by atoms with Crippen molar-refractivity contribution in [3.63, 3.8) is 0 Å². The molecule has 0 fully saturated rings. The first-order chi connectivity index (χ1) is 12.7. The lowest BCUT2D eigenvalue weighted by atomic mass is 10.0. The van der Waals surface area contributed by atoms with Crippen LogP contribution in [0, 0.1) is 37.8 Å². The van der Waals surface area contributed by atoms with Crippen LogP contribution in [-0.4, -0.2) is 32.5 Å². The van der Waals surface area contributed by atoms with E-state index in [9.17, 15) is 26.9 Å². The number of hydrogen-bond acceptors (Lipinski definition) is 6. The Morgan fingerprint density at radius 3 is 1.89 bits per heavy atom. The van der Waals surface area contributed by atoms with Crippen LogP contribution in [-0.2, 0) is 20.0 Å². The maximum absolute atomic E-state index is 13.2. The largest absolute Gasteiger partial charge is 0.289 e. The molecule has 0 saturated carbocycles. The third-order valence-electron chi connectivity index (χ3n) is 4.64. The third-order valence-corrected chi connectivity index (χ3v) is 9.47. The molecular weight excluding hydrogens is 428 g/mol. The molecule has 0 radical (unpaired) electrons. The summed E-state index contributed by atoms with van der Waals surface area (Å²) in [7, 11) is -8.14. The average molecular weight is 447 g/mol. The number of rotatable bonds is 5.